The van der Waals surface area contributed by atoms with E-state index < -0.39 is 6.04 Å². The largest absolute Gasteiger partial charge is 0.326 e. The van der Waals surface area contributed by atoms with Crippen LogP contribution in [0.2, 0.25) is 0 Å². The molecule has 0 aliphatic heterocycles. The van der Waals surface area contributed by atoms with Crippen LogP contribution in [0.4, 0.5) is 11.4 Å². The van der Waals surface area contributed by atoms with Crippen LogP contribution >= 0.6 is 0 Å². The number of hydrogen-bond acceptors (Lipinski definition) is 3. The maximum absolute atomic E-state index is 11.7. The molecule has 0 radical (unpaired) electrons. The minimum atomic E-state index is -0.600. The summed E-state index contributed by atoms with van der Waals surface area (Å²) in [5.41, 5.74) is 6.98. The van der Waals surface area contributed by atoms with Crippen LogP contribution in [-0.4, -0.2) is 17.9 Å². The van der Waals surface area contributed by atoms with Gasteiger partial charge in [0.05, 0.1) is 6.04 Å². The molecule has 0 aromatic heterocycles. The summed E-state index contributed by atoms with van der Waals surface area (Å²) in [5.74, 6) is -0.310. The highest BCUT2D eigenvalue weighted by atomic mass is 16.2. The van der Waals surface area contributed by atoms with E-state index in [0.29, 0.717) is 24.2 Å². The monoisotopic (exact) mass is 261 g/mol. The number of benzene rings is 1. The van der Waals surface area contributed by atoms with Gasteiger partial charge in [0.15, 0.2) is 0 Å². The van der Waals surface area contributed by atoms with Crippen molar-refractivity contribution in [3.8, 4) is 0 Å². The Morgan fingerprint density at radius 2 is 1.79 bits per heavy atom. The van der Waals surface area contributed by atoms with Gasteiger partial charge in [-0.25, -0.2) is 0 Å². The van der Waals surface area contributed by atoms with Crippen LogP contribution in [0.1, 0.15) is 19.8 Å². The number of anilines is 2. The number of hydrogen-bond donors (Lipinski definition) is 3. The summed E-state index contributed by atoms with van der Waals surface area (Å²) in [6.45, 7) is 5.32. The van der Waals surface area contributed by atoms with Crippen LogP contribution in [0.15, 0.2) is 36.9 Å². The normalized spacial score (nSPS) is 11.5. The molecule has 1 unspecified atom stereocenters. The van der Waals surface area contributed by atoms with E-state index in [9.17, 15) is 9.59 Å². The predicted molar refractivity (Wildman–Crippen MR) is 76.8 cm³/mol. The summed E-state index contributed by atoms with van der Waals surface area (Å²) < 4.78 is 0. The Bertz CT molecular complexity index is 454. The molecule has 5 nitrogen and oxygen atoms in total. The summed E-state index contributed by atoms with van der Waals surface area (Å²) in [4.78, 5) is 22.9. The molecule has 1 aromatic rings. The summed E-state index contributed by atoms with van der Waals surface area (Å²) >= 11 is 0. The van der Waals surface area contributed by atoms with Gasteiger partial charge >= 0.3 is 0 Å². The fourth-order valence-corrected chi connectivity index (χ4v) is 1.41. The fourth-order valence-electron chi connectivity index (χ4n) is 1.41. The SMILES string of the molecule is C=CCC(N)C(=O)Nc1ccc(NC(=O)CC)cc1. The Labute approximate surface area is 112 Å². The second-order valence-electron chi connectivity index (χ2n) is 4.10. The van der Waals surface area contributed by atoms with Gasteiger partial charge in [0, 0.05) is 17.8 Å². The van der Waals surface area contributed by atoms with E-state index in [1.807, 2.05) is 0 Å². The molecule has 0 bridgehead atoms. The Morgan fingerprint density at radius 3 is 2.26 bits per heavy atom. The van der Waals surface area contributed by atoms with E-state index in [1.54, 1.807) is 37.3 Å². The van der Waals surface area contributed by atoms with Crippen molar-refractivity contribution in [1.82, 2.24) is 0 Å². The standard InChI is InChI=1S/C14H19N3O2/c1-3-5-12(15)14(19)17-11-8-6-10(7-9-11)16-13(18)4-2/h3,6-9,12H,1,4-5,15H2,2H3,(H,16,18)(H,17,19). The maximum atomic E-state index is 11.7. The average Bonchev–Trinajstić information content (AvgIpc) is 2.41. The van der Waals surface area contributed by atoms with Crippen LogP contribution in [0.5, 0.6) is 0 Å². The van der Waals surface area contributed by atoms with Crippen molar-refractivity contribution in [2.45, 2.75) is 25.8 Å². The topological polar surface area (TPSA) is 84.2 Å². The van der Waals surface area contributed by atoms with Gasteiger partial charge in [-0.1, -0.05) is 13.0 Å². The van der Waals surface area contributed by atoms with Gasteiger partial charge in [-0.05, 0) is 30.7 Å². The quantitative estimate of drug-likeness (QED) is 0.683. The van der Waals surface area contributed by atoms with Gasteiger partial charge in [0.25, 0.3) is 0 Å². The molecule has 5 heteroatoms. The minimum absolute atomic E-state index is 0.0511. The highest BCUT2D eigenvalue weighted by molar-refractivity contribution is 5.95. The van der Waals surface area contributed by atoms with Gasteiger partial charge in [0.1, 0.15) is 0 Å². The highest BCUT2D eigenvalue weighted by Gasteiger charge is 2.11. The highest BCUT2D eigenvalue weighted by Crippen LogP contribution is 2.14. The molecule has 2 amide bonds. The smallest absolute Gasteiger partial charge is 0.241 e. The molecular weight excluding hydrogens is 242 g/mol. The number of nitrogens with two attached hydrogens (primary N) is 1. The number of nitrogens with one attached hydrogen (secondary N) is 2. The van der Waals surface area contributed by atoms with Crippen LogP contribution < -0.4 is 16.4 Å². The molecule has 0 aliphatic carbocycles. The van der Waals surface area contributed by atoms with Crippen molar-refractivity contribution in [3.05, 3.63) is 36.9 Å². The lowest BCUT2D eigenvalue weighted by Crippen LogP contribution is -2.35. The zero-order valence-corrected chi connectivity index (χ0v) is 11.0. The van der Waals surface area contributed by atoms with Crippen LogP contribution in [0, 0.1) is 0 Å². The summed E-state index contributed by atoms with van der Waals surface area (Å²) in [7, 11) is 0. The van der Waals surface area contributed by atoms with Crippen molar-refractivity contribution in [2.75, 3.05) is 10.6 Å². The van der Waals surface area contributed by atoms with Crippen molar-refractivity contribution < 1.29 is 9.59 Å². The Morgan fingerprint density at radius 1 is 1.26 bits per heavy atom. The van der Waals surface area contributed by atoms with E-state index in [4.69, 9.17) is 5.73 Å². The van der Waals surface area contributed by atoms with Crippen LogP contribution in [0.25, 0.3) is 0 Å². The number of amides is 2. The van der Waals surface area contributed by atoms with Crippen LogP contribution in [-0.2, 0) is 9.59 Å². The van der Waals surface area contributed by atoms with Crippen molar-refractivity contribution in [3.63, 3.8) is 0 Å². The molecule has 1 aromatic carbocycles. The third-order valence-corrected chi connectivity index (χ3v) is 2.51. The summed E-state index contributed by atoms with van der Waals surface area (Å²) in [6, 6.07) is 6.27. The number of rotatable bonds is 6. The second-order valence-corrected chi connectivity index (χ2v) is 4.10. The van der Waals surface area contributed by atoms with Gasteiger partial charge in [-0.2, -0.15) is 0 Å². The predicted octanol–water partition coefficient (Wildman–Crippen LogP) is 1.88. The van der Waals surface area contributed by atoms with Gasteiger partial charge in [-0.3, -0.25) is 9.59 Å². The lowest BCUT2D eigenvalue weighted by molar-refractivity contribution is -0.117. The summed E-state index contributed by atoms with van der Waals surface area (Å²) in [5, 5.41) is 5.42. The lowest BCUT2D eigenvalue weighted by atomic mass is 10.2. The Balaban J connectivity index is 2.59. The molecule has 102 valence electrons. The molecule has 4 N–H and O–H groups in total. The number of carbonyl (C=O) groups is 2. The van der Waals surface area contributed by atoms with Gasteiger partial charge < -0.3 is 16.4 Å². The van der Waals surface area contributed by atoms with Gasteiger partial charge in [-0.15, -0.1) is 6.58 Å². The Hall–Kier alpha value is -2.14. The molecule has 1 atom stereocenters. The fraction of sp³-hybridized carbons (Fsp3) is 0.286. The molecular formula is C14H19N3O2. The minimum Gasteiger partial charge on any atom is -0.326 e. The second kappa shape index (κ2) is 7.33. The van der Waals surface area contributed by atoms with E-state index >= 15 is 0 Å². The summed E-state index contributed by atoms with van der Waals surface area (Å²) in [6.07, 6.45) is 2.46. The molecule has 0 saturated heterocycles. The molecule has 0 aliphatic rings. The first kappa shape index (κ1) is 14.9. The first-order valence-corrected chi connectivity index (χ1v) is 6.14. The van der Waals surface area contributed by atoms with Gasteiger partial charge in [0.2, 0.25) is 11.8 Å². The van der Waals surface area contributed by atoms with Crippen LogP contribution in [0.3, 0.4) is 0 Å². The molecule has 0 fully saturated rings. The molecule has 0 heterocycles. The zero-order chi connectivity index (χ0) is 14.3. The molecule has 1 rings (SSSR count). The maximum Gasteiger partial charge on any atom is 0.241 e. The van der Waals surface area contributed by atoms with E-state index in [1.165, 1.54) is 0 Å². The third-order valence-electron chi connectivity index (χ3n) is 2.51. The van der Waals surface area contributed by atoms with Crippen molar-refractivity contribution >= 4 is 23.2 Å². The van der Waals surface area contributed by atoms with Crippen molar-refractivity contribution in [2.24, 2.45) is 5.73 Å². The third kappa shape index (κ3) is 4.93. The van der Waals surface area contributed by atoms with E-state index in [-0.39, 0.29) is 11.8 Å². The van der Waals surface area contributed by atoms with E-state index in [2.05, 4.69) is 17.2 Å². The number of carbonyl (C=O) groups excluding carboxylic acids is 2. The molecule has 0 saturated carbocycles. The Kier molecular flexibility index (Phi) is 5.75. The van der Waals surface area contributed by atoms with Crippen molar-refractivity contribution in [1.29, 1.82) is 0 Å². The zero-order valence-electron chi connectivity index (χ0n) is 11.0. The molecule has 19 heavy (non-hydrogen) atoms. The first-order valence-electron chi connectivity index (χ1n) is 6.14. The average molecular weight is 261 g/mol. The molecule has 0 spiro atoms. The van der Waals surface area contributed by atoms with E-state index in [0.717, 1.165) is 0 Å². The first-order chi connectivity index (χ1) is 9.06. The lowest BCUT2D eigenvalue weighted by Gasteiger charge is -2.11.